The second-order valence-electron chi connectivity index (χ2n) is 16.9. The van der Waals surface area contributed by atoms with Crippen molar-refractivity contribution in [1.82, 2.24) is 0 Å². The van der Waals surface area contributed by atoms with Crippen LogP contribution in [0.4, 0.5) is 0 Å². The van der Waals surface area contributed by atoms with E-state index in [1.165, 1.54) is 83.1 Å². The molecular formula is C53H48Cl8Zr. The summed E-state index contributed by atoms with van der Waals surface area (Å²) in [5.41, 5.74) is 16.9. The number of fused-ring (bicyclic) bond motifs is 3. The molecule has 0 unspecified atom stereocenters. The molecule has 0 aliphatic heterocycles. The Balaban J connectivity index is 0.000000252. The zero-order valence-corrected chi connectivity index (χ0v) is 44.0. The molecule has 0 amide bonds. The van der Waals surface area contributed by atoms with Gasteiger partial charge in [-0.15, -0.1) is 60.1 Å². The van der Waals surface area contributed by atoms with Gasteiger partial charge in [-0.25, -0.2) is 12.2 Å². The first-order chi connectivity index (χ1) is 28.2. The molecule has 6 aromatic rings. The van der Waals surface area contributed by atoms with Gasteiger partial charge in [0.2, 0.25) is 0 Å². The smallest absolute Gasteiger partial charge is 0.109 e. The van der Waals surface area contributed by atoms with Crippen LogP contribution in [0.15, 0.2) is 146 Å². The van der Waals surface area contributed by atoms with Crippen LogP contribution < -0.4 is 0 Å². The molecule has 0 fully saturated rings. The average molecular weight is 1060 g/mol. The molecule has 320 valence electrons. The number of halogens is 8. The maximum absolute atomic E-state index is 5.86. The molecule has 0 bridgehead atoms. The molecule has 8 rings (SSSR count). The Morgan fingerprint density at radius 3 is 1.42 bits per heavy atom. The van der Waals surface area contributed by atoms with E-state index in [1.807, 2.05) is 60.7 Å². The summed E-state index contributed by atoms with van der Waals surface area (Å²) >= 11 is 36.4. The first kappa shape index (κ1) is 52.5. The number of hydrogen-bond acceptors (Lipinski definition) is 0. The normalized spacial score (nSPS) is 12.7. The molecular weight excluding hydrogens is 1010 g/mol. The number of alkyl halides is 6. The van der Waals surface area contributed by atoms with E-state index in [0.717, 1.165) is 24.0 Å². The molecule has 0 aromatic heterocycles. The number of rotatable bonds is 4. The molecule has 2 aliphatic rings. The maximum atomic E-state index is 5.86. The van der Waals surface area contributed by atoms with Gasteiger partial charge in [0.25, 0.3) is 0 Å². The minimum Gasteiger partial charge on any atom is -0.273 e. The Labute approximate surface area is 426 Å². The van der Waals surface area contributed by atoms with E-state index in [2.05, 4.69) is 139 Å². The molecule has 0 heterocycles. The summed E-state index contributed by atoms with van der Waals surface area (Å²) in [5.74, 6) is 0. The van der Waals surface area contributed by atoms with Gasteiger partial charge in [-0.05, 0) is 39.5 Å². The molecule has 9 heteroatoms. The Morgan fingerprint density at radius 1 is 0.548 bits per heavy atom. The van der Waals surface area contributed by atoms with Crippen molar-refractivity contribution < 1.29 is 24.2 Å². The average Bonchev–Trinajstić information content (AvgIpc) is 3.91. The summed E-state index contributed by atoms with van der Waals surface area (Å²) in [6, 6.07) is 47.8. The summed E-state index contributed by atoms with van der Waals surface area (Å²) in [6.45, 7) is 13.9. The first-order valence-electron chi connectivity index (χ1n) is 19.8. The Morgan fingerprint density at radius 2 is 1.02 bits per heavy atom. The van der Waals surface area contributed by atoms with Crippen molar-refractivity contribution >= 4 is 97.6 Å². The second-order valence-corrected chi connectivity index (χ2v) is 22.7. The second kappa shape index (κ2) is 21.9. The fraction of sp³-hybridized carbons (Fsp3) is 0.226. The third-order valence-electron chi connectivity index (χ3n) is 10.4. The van der Waals surface area contributed by atoms with Crippen LogP contribution in [0.5, 0.6) is 0 Å². The number of allylic oxidation sites excluding steroid dienone is 4. The van der Waals surface area contributed by atoms with E-state index in [9.17, 15) is 0 Å². The molecule has 0 spiro atoms. The summed E-state index contributed by atoms with van der Waals surface area (Å²) in [6.07, 6.45) is 10.9. The van der Waals surface area contributed by atoms with Gasteiger partial charge < -0.3 is 0 Å². The number of benzene rings is 6. The van der Waals surface area contributed by atoms with Gasteiger partial charge in [0, 0.05) is 0 Å². The van der Waals surface area contributed by atoms with Gasteiger partial charge in [-0.3, -0.25) is 6.08 Å². The molecule has 0 atom stereocenters. The minimum absolute atomic E-state index is 0. The van der Waals surface area contributed by atoms with E-state index in [0.29, 0.717) is 11.1 Å². The molecule has 0 N–H and O–H groups in total. The van der Waals surface area contributed by atoms with Crippen molar-refractivity contribution in [2.75, 3.05) is 0 Å². The Kier molecular flexibility index (Phi) is 18.5. The van der Waals surface area contributed by atoms with Crippen molar-refractivity contribution in [3.63, 3.8) is 0 Å². The predicted molar refractivity (Wildman–Crippen MR) is 272 cm³/mol. The summed E-state index contributed by atoms with van der Waals surface area (Å²) in [7, 11) is 0. The maximum Gasteiger partial charge on any atom is -0.109 e. The van der Waals surface area contributed by atoms with Crippen molar-refractivity contribution in [3.8, 4) is 33.4 Å². The number of hydrogen-bond donors (Lipinski definition) is 0. The minimum atomic E-state index is -1.41. The monoisotopic (exact) mass is 1050 g/mol. The largest absolute Gasteiger partial charge is 0.273 e. The van der Waals surface area contributed by atoms with Crippen LogP contribution in [0.3, 0.4) is 0 Å². The Hall–Kier alpha value is -2.13. The van der Waals surface area contributed by atoms with Crippen LogP contribution in [0.1, 0.15) is 92.5 Å². The summed E-state index contributed by atoms with van der Waals surface area (Å²) in [5, 5.41) is 0. The van der Waals surface area contributed by atoms with Crippen LogP contribution in [0.2, 0.25) is 0 Å². The predicted octanol–water partition coefficient (Wildman–Crippen LogP) is 17.6. The third-order valence-corrected chi connectivity index (χ3v) is 13.1. The van der Waals surface area contributed by atoms with Crippen molar-refractivity contribution in [3.05, 3.63) is 202 Å². The zero-order valence-electron chi connectivity index (χ0n) is 35.4. The SMILES string of the molecule is CC(C)(C)c1cc2c([c-]c1-c1ccccc1)Cc1cc(-c3ccccc3)c(C(C)(C)C)cc1-2.Cl.Cl.ClC(Cl)(Cl)c1ccc([C](=[Zr+2])c2ccc(C(Cl)(Cl)Cl)cc2)cc1.[C-]1=CC=CC1. The van der Waals surface area contributed by atoms with E-state index < -0.39 is 7.59 Å². The van der Waals surface area contributed by atoms with Crippen LogP contribution in [-0.4, -0.2) is 3.21 Å². The zero-order chi connectivity index (χ0) is 43.5. The van der Waals surface area contributed by atoms with Gasteiger partial charge in [0.15, 0.2) is 0 Å². The Bertz CT molecular complexity index is 2320. The van der Waals surface area contributed by atoms with Gasteiger partial charge in [0.05, 0.1) is 0 Å². The van der Waals surface area contributed by atoms with Crippen molar-refractivity contribution in [2.24, 2.45) is 0 Å². The quantitative estimate of drug-likeness (QED) is 0.122. The summed E-state index contributed by atoms with van der Waals surface area (Å²) < 4.78 is -1.66. The fourth-order valence-electron chi connectivity index (χ4n) is 7.26. The van der Waals surface area contributed by atoms with E-state index in [1.54, 1.807) is 0 Å². The third kappa shape index (κ3) is 13.2. The molecule has 62 heavy (non-hydrogen) atoms. The van der Waals surface area contributed by atoms with Gasteiger partial charge in [-0.1, -0.05) is 131 Å². The molecule has 0 radical (unpaired) electrons. The molecule has 0 saturated heterocycles. The van der Waals surface area contributed by atoms with Gasteiger partial charge in [-0.2, -0.15) is 6.08 Å². The standard InChI is InChI=1S/C33H33.C15H8Cl6.C5H5.2ClH.Zr/c1-32(2,3)30-20-26-24(18-28(30)22-13-9-7-10-14-22)17-25-19-29(23-15-11-8-12-16-23)31(21-27(25)26)33(4,5)6;16-14(17,18)12-5-1-10(2-6-12)9-11-3-7-13(8-4-11)15(19,20)21;1-2-4-5-3-1;;;/h7-16,18,20-21H,17H2,1-6H3;1-8H;1-3H,4H2;2*1H;/q-1;;-1;;;+2. The fourth-order valence-corrected chi connectivity index (χ4v) is 8.84. The van der Waals surface area contributed by atoms with E-state index in [-0.39, 0.29) is 35.6 Å². The topological polar surface area (TPSA) is 0 Å². The van der Waals surface area contributed by atoms with Gasteiger partial charge >= 0.3 is 175 Å². The van der Waals surface area contributed by atoms with E-state index >= 15 is 0 Å². The molecule has 6 aromatic carbocycles. The van der Waals surface area contributed by atoms with Crippen molar-refractivity contribution in [2.45, 2.75) is 72.8 Å². The van der Waals surface area contributed by atoms with Gasteiger partial charge in [0.1, 0.15) is 0 Å². The molecule has 0 saturated carbocycles. The first-order valence-corrected chi connectivity index (χ1v) is 23.3. The van der Waals surface area contributed by atoms with Crippen LogP contribution in [0.25, 0.3) is 33.4 Å². The summed E-state index contributed by atoms with van der Waals surface area (Å²) in [4.78, 5) is 0. The van der Waals surface area contributed by atoms with E-state index in [4.69, 9.17) is 69.6 Å². The van der Waals surface area contributed by atoms with Crippen LogP contribution in [0, 0.1) is 12.1 Å². The van der Waals surface area contributed by atoms with Crippen LogP contribution >= 0.6 is 94.4 Å². The molecule has 0 nitrogen and oxygen atoms in total. The molecule has 2 aliphatic carbocycles. The van der Waals surface area contributed by atoms with Crippen LogP contribution in [-0.2, 0) is 49.1 Å². The van der Waals surface area contributed by atoms with Crippen molar-refractivity contribution in [1.29, 1.82) is 0 Å².